The molecule has 2 aromatic carbocycles. The second-order valence-electron chi connectivity index (χ2n) is 5.98. The number of aryl methyl sites for hydroxylation is 2. The predicted molar refractivity (Wildman–Crippen MR) is 105 cm³/mol. The second-order valence-corrected chi connectivity index (χ2v) is 7.12. The standard InChI is InChI=1S/C19H19N3O3S/c1-3-13-6-8-15(9-7-13)20-19-21-18(23)17(26-19)11-14-5-4-12(2)16(10-14)22(24)25/h4-11,19-20H,3H2,1-2H3,(H,21,23)/b17-11-/t19-/m0/s1. The Morgan fingerprint density at radius 1 is 1.27 bits per heavy atom. The maximum atomic E-state index is 12.2. The summed E-state index contributed by atoms with van der Waals surface area (Å²) in [6.07, 6.45) is 2.65. The topological polar surface area (TPSA) is 84.3 Å². The summed E-state index contributed by atoms with van der Waals surface area (Å²) < 4.78 is 0. The molecular formula is C19H19N3O3S. The molecule has 1 heterocycles. The van der Waals surface area contributed by atoms with E-state index in [1.807, 2.05) is 24.3 Å². The summed E-state index contributed by atoms with van der Waals surface area (Å²) in [4.78, 5) is 23.4. The molecule has 0 unspecified atom stereocenters. The fraction of sp³-hybridized carbons (Fsp3) is 0.211. The van der Waals surface area contributed by atoms with Crippen molar-refractivity contribution < 1.29 is 9.72 Å². The number of thioether (sulfide) groups is 1. The van der Waals surface area contributed by atoms with Crippen LogP contribution >= 0.6 is 11.8 Å². The van der Waals surface area contributed by atoms with Gasteiger partial charge in [-0.15, -0.1) is 0 Å². The second kappa shape index (κ2) is 7.61. The van der Waals surface area contributed by atoms with Crippen molar-refractivity contribution in [1.82, 2.24) is 5.32 Å². The average Bonchev–Trinajstić information content (AvgIpc) is 2.96. The van der Waals surface area contributed by atoms with Crippen LogP contribution in [-0.4, -0.2) is 16.3 Å². The number of nitro groups is 1. The van der Waals surface area contributed by atoms with Crippen molar-refractivity contribution in [1.29, 1.82) is 0 Å². The molecule has 134 valence electrons. The van der Waals surface area contributed by atoms with Gasteiger partial charge in [-0.05, 0) is 42.7 Å². The van der Waals surface area contributed by atoms with E-state index < -0.39 is 4.92 Å². The Morgan fingerprint density at radius 3 is 2.65 bits per heavy atom. The van der Waals surface area contributed by atoms with Crippen LogP contribution in [0.3, 0.4) is 0 Å². The molecule has 1 aliphatic heterocycles. The highest BCUT2D eigenvalue weighted by Gasteiger charge is 2.27. The quantitative estimate of drug-likeness (QED) is 0.472. The van der Waals surface area contributed by atoms with Gasteiger partial charge in [-0.25, -0.2) is 0 Å². The van der Waals surface area contributed by atoms with Crippen molar-refractivity contribution >= 4 is 35.1 Å². The van der Waals surface area contributed by atoms with Crippen LogP contribution in [0.4, 0.5) is 11.4 Å². The molecule has 6 nitrogen and oxygen atoms in total. The third kappa shape index (κ3) is 4.05. The maximum Gasteiger partial charge on any atom is 0.272 e. The summed E-state index contributed by atoms with van der Waals surface area (Å²) in [7, 11) is 0. The first kappa shape index (κ1) is 18.0. The van der Waals surface area contributed by atoms with Gasteiger partial charge in [-0.2, -0.15) is 0 Å². The number of nitrogens with one attached hydrogen (secondary N) is 2. The Balaban J connectivity index is 1.73. The first-order valence-electron chi connectivity index (χ1n) is 8.26. The molecule has 0 saturated carbocycles. The van der Waals surface area contributed by atoms with Crippen molar-refractivity contribution in [2.75, 3.05) is 5.32 Å². The Labute approximate surface area is 155 Å². The van der Waals surface area contributed by atoms with Gasteiger partial charge in [-0.3, -0.25) is 14.9 Å². The van der Waals surface area contributed by atoms with Crippen LogP contribution in [0.15, 0.2) is 47.4 Å². The molecule has 1 fully saturated rings. The van der Waals surface area contributed by atoms with Crippen molar-refractivity contribution in [3.63, 3.8) is 0 Å². The van der Waals surface area contributed by atoms with E-state index in [0.717, 1.165) is 12.1 Å². The molecule has 1 aliphatic rings. The molecule has 2 N–H and O–H groups in total. The number of benzene rings is 2. The minimum Gasteiger partial charge on any atom is -0.357 e. The van der Waals surface area contributed by atoms with Gasteiger partial charge in [0.15, 0.2) is 5.50 Å². The average molecular weight is 369 g/mol. The first-order chi connectivity index (χ1) is 12.5. The minimum atomic E-state index is -0.413. The highest BCUT2D eigenvalue weighted by Crippen LogP contribution is 2.31. The number of nitrogens with zero attached hydrogens (tertiary/aromatic N) is 1. The molecule has 0 bridgehead atoms. The van der Waals surface area contributed by atoms with Crippen LogP contribution in [0.2, 0.25) is 0 Å². The SMILES string of the molecule is CCc1ccc(N[C@H]2NC(=O)/C(=C/c3ccc(C)c([N+](=O)[O-])c3)S2)cc1. The molecule has 1 amide bonds. The van der Waals surface area contributed by atoms with Gasteiger partial charge in [0, 0.05) is 17.3 Å². The third-order valence-corrected chi connectivity index (χ3v) is 5.15. The molecule has 0 radical (unpaired) electrons. The van der Waals surface area contributed by atoms with Gasteiger partial charge in [0.1, 0.15) is 0 Å². The Kier molecular flexibility index (Phi) is 5.27. The van der Waals surface area contributed by atoms with Gasteiger partial charge >= 0.3 is 0 Å². The fourth-order valence-corrected chi connectivity index (χ4v) is 3.60. The Morgan fingerprint density at radius 2 is 2.00 bits per heavy atom. The Bertz CT molecular complexity index is 878. The third-order valence-electron chi connectivity index (χ3n) is 4.12. The minimum absolute atomic E-state index is 0.0495. The summed E-state index contributed by atoms with van der Waals surface area (Å²) in [6.45, 7) is 3.79. The zero-order valence-corrected chi connectivity index (χ0v) is 15.3. The summed E-state index contributed by atoms with van der Waals surface area (Å²) >= 11 is 1.36. The molecule has 1 atom stereocenters. The van der Waals surface area contributed by atoms with Crippen molar-refractivity contribution in [2.45, 2.75) is 25.8 Å². The zero-order chi connectivity index (χ0) is 18.7. The Hall–Kier alpha value is -2.80. The van der Waals surface area contributed by atoms with Crippen molar-refractivity contribution in [3.8, 4) is 0 Å². The van der Waals surface area contributed by atoms with Crippen LogP contribution in [0.25, 0.3) is 6.08 Å². The van der Waals surface area contributed by atoms with Gasteiger partial charge < -0.3 is 10.6 Å². The molecule has 0 spiro atoms. The van der Waals surface area contributed by atoms with E-state index in [1.54, 1.807) is 25.1 Å². The lowest BCUT2D eigenvalue weighted by Crippen LogP contribution is -2.30. The lowest BCUT2D eigenvalue weighted by atomic mass is 10.1. The van der Waals surface area contributed by atoms with E-state index >= 15 is 0 Å². The smallest absolute Gasteiger partial charge is 0.272 e. The molecule has 3 rings (SSSR count). The molecular weight excluding hydrogens is 350 g/mol. The number of hydrogen-bond donors (Lipinski definition) is 2. The molecule has 1 saturated heterocycles. The molecule has 0 aliphatic carbocycles. The first-order valence-corrected chi connectivity index (χ1v) is 9.14. The monoisotopic (exact) mass is 369 g/mol. The lowest BCUT2D eigenvalue weighted by Gasteiger charge is -2.12. The van der Waals surface area contributed by atoms with Gasteiger partial charge in [0.05, 0.1) is 9.83 Å². The largest absolute Gasteiger partial charge is 0.357 e. The molecule has 26 heavy (non-hydrogen) atoms. The normalized spacial score (nSPS) is 18.0. The van der Waals surface area contributed by atoms with Gasteiger partial charge in [0.25, 0.3) is 11.6 Å². The van der Waals surface area contributed by atoms with E-state index in [4.69, 9.17) is 0 Å². The van der Waals surface area contributed by atoms with Crippen LogP contribution in [0.5, 0.6) is 0 Å². The zero-order valence-electron chi connectivity index (χ0n) is 14.5. The molecule has 7 heteroatoms. The predicted octanol–water partition coefficient (Wildman–Crippen LogP) is 4.07. The fourth-order valence-electron chi connectivity index (χ4n) is 2.62. The number of carbonyl (C=O) groups excluding carboxylic acids is 1. The van der Waals surface area contributed by atoms with Gasteiger partial charge in [0.2, 0.25) is 0 Å². The highest BCUT2D eigenvalue weighted by molar-refractivity contribution is 8.05. The number of nitro benzene ring substituents is 1. The number of carbonyl (C=O) groups is 1. The highest BCUT2D eigenvalue weighted by atomic mass is 32.2. The number of hydrogen-bond acceptors (Lipinski definition) is 5. The van der Waals surface area contributed by atoms with Gasteiger partial charge in [-0.1, -0.05) is 43.0 Å². The lowest BCUT2D eigenvalue weighted by molar-refractivity contribution is -0.385. The van der Waals surface area contributed by atoms with E-state index in [1.165, 1.54) is 23.4 Å². The van der Waals surface area contributed by atoms with Crippen LogP contribution in [-0.2, 0) is 11.2 Å². The van der Waals surface area contributed by atoms with Crippen LogP contribution < -0.4 is 10.6 Å². The van der Waals surface area contributed by atoms with E-state index in [2.05, 4.69) is 17.6 Å². The summed E-state index contributed by atoms with van der Waals surface area (Å²) in [5.74, 6) is -0.194. The van der Waals surface area contributed by atoms with E-state index in [9.17, 15) is 14.9 Å². The van der Waals surface area contributed by atoms with E-state index in [-0.39, 0.29) is 17.1 Å². The van der Waals surface area contributed by atoms with Crippen molar-refractivity contribution in [3.05, 3.63) is 74.2 Å². The van der Waals surface area contributed by atoms with Crippen molar-refractivity contribution in [2.24, 2.45) is 0 Å². The van der Waals surface area contributed by atoms with Crippen LogP contribution in [0.1, 0.15) is 23.6 Å². The summed E-state index contributed by atoms with van der Waals surface area (Å²) in [6, 6.07) is 13.0. The van der Waals surface area contributed by atoms with Crippen LogP contribution in [0, 0.1) is 17.0 Å². The molecule has 0 aromatic heterocycles. The summed E-state index contributed by atoms with van der Waals surface area (Å²) in [5, 5.41) is 17.2. The van der Waals surface area contributed by atoms with E-state index in [0.29, 0.717) is 16.0 Å². The summed E-state index contributed by atoms with van der Waals surface area (Å²) in [5.41, 5.74) is 3.17. The molecule has 2 aromatic rings. The number of amides is 1. The number of anilines is 1. The maximum absolute atomic E-state index is 12.2. The number of rotatable bonds is 5.